The van der Waals surface area contributed by atoms with Crippen molar-refractivity contribution >= 4 is 34.8 Å². The van der Waals surface area contributed by atoms with E-state index in [4.69, 9.17) is 28.3 Å². The molecule has 5 nitrogen and oxygen atoms in total. The fourth-order valence-corrected chi connectivity index (χ4v) is 4.31. The SMILES string of the molecule is CC(C)(C)n1ccc(C2C[C@@H](C(=O)Nc3cccc(Cl)c3)N[C@H]2c2ccc(Cl)c(F)c2)n1. The summed E-state index contributed by atoms with van der Waals surface area (Å²) in [6.45, 7) is 6.22. The third-order valence-corrected chi connectivity index (χ3v) is 6.20. The number of nitrogens with one attached hydrogen (secondary N) is 2. The van der Waals surface area contributed by atoms with Crippen LogP contribution in [-0.2, 0) is 10.3 Å². The van der Waals surface area contributed by atoms with Crippen LogP contribution in [0.4, 0.5) is 10.1 Å². The summed E-state index contributed by atoms with van der Waals surface area (Å²) < 4.78 is 16.1. The van der Waals surface area contributed by atoms with Crippen LogP contribution in [0.15, 0.2) is 54.7 Å². The molecular formula is C24H25Cl2FN4O. The minimum Gasteiger partial charge on any atom is -0.325 e. The van der Waals surface area contributed by atoms with Crippen LogP contribution in [0.2, 0.25) is 10.0 Å². The van der Waals surface area contributed by atoms with Gasteiger partial charge in [0.1, 0.15) is 5.82 Å². The lowest BCUT2D eigenvalue weighted by Crippen LogP contribution is -2.36. The largest absolute Gasteiger partial charge is 0.325 e. The molecule has 1 aliphatic rings. The molecule has 0 saturated carbocycles. The summed E-state index contributed by atoms with van der Waals surface area (Å²) in [6, 6.07) is 12.9. The summed E-state index contributed by atoms with van der Waals surface area (Å²) >= 11 is 11.9. The maximum atomic E-state index is 14.2. The van der Waals surface area contributed by atoms with Gasteiger partial charge in [-0.15, -0.1) is 0 Å². The predicted octanol–water partition coefficient (Wildman–Crippen LogP) is 5.91. The Labute approximate surface area is 196 Å². The molecule has 0 aliphatic carbocycles. The molecule has 4 rings (SSSR count). The highest BCUT2D eigenvalue weighted by Gasteiger charge is 2.40. The molecule has 1 fully saturated rings. The van der Waals surface area contributed by atoms with Gasteiger partial charge >= 0.3 is 0 Å². The van der Waals surface area contributed by atoms with Crippen LogP contribution in [0.1, 0.15) is 50.4 Å². The Morgan fingerprint density at radius 3 is 2.62 bits per heavy atom. The highest BCUT2D eigenvalue weighted by molar-refractivity contribution is 6.31. The second-order valence-electron chi connectivity index (χ2n) is 9.07. The molecule has 168 valence electrons. The molecule has 0 bridgehead atoms. The first-order valence-corrected chi connectivity index (χ1v) is 11.2. The molecule has 2 N–H and O–H groups in total. The zero-order valence-corrected chi connectivity index (χ0v) is 19.6. The van der Waals surface area contributed by atoms with Crippen LogP contribution in [0.25, 0.3) is 0 Å². The fraction of sp³-hybridized carbons (Fsp3) is 0.333. The van der Waals surface area contributed by atoms with Crippen molar-refractivity contribution in [3.63, 3.8) is 0 Å². The van der Waals surface area contributed by atoms with Crippen molar-refractivity contribution in [2.24, 2.45) is 0 Å². The highest BCUT2D eigenvalue weighted by Crippen LogP contribution is 2.41. The molecule has 3 aromatic rings. The Morgan fingerprint density at radius 2 is 1.97 bits per heavy atom. The zero-order valence-electron chi connectivity index (χ0n) is 18.1. The van der Waals surface area contributed by atoms with Crippen molar-refractivity contribution in [2.75, 3.05) is 5.32 Å². The average Bonchev–Trinajstić information content (AvgIpc) is 3.37. The van der Waals surface area contributed by atoms with E-state index >= 15 is 0 Å². The third kappa shape index (κ3) is 4.82. The Bertz CT molecular complexity index is 1140. The molecule has 0 spiro atoms. The second kappa shape index (κ2) is 8.85. The van der Waals surface area contributed by atoms with E-state index in [9.17, 15) is 9.18 Å². The van der Waals surface area contributed by atoms with Gasteiger partial charge in [0.25, 0.3) is 0 Å². The maximum Gasteiger partial charge on any atom is 0.241 e. The summed E-state index contributed by atoms with van der Waals surface area (Å²) in [5.41, 5.74) is 2.03. The van der Waals surface area contributed by atoms with E-state index in [1.807, 2.05) is 16.9 Å². The lowest BCUT2D eigenvalue weighted by molar-refractivity contribution is -0.117. The minimum atomic E-state index is -0.489. The summed E-state index contributed by atoms with van der Waals surface area (Å²) in [5.74, 6) is -0.782. The van der Waals surface area contributed by atoms with Gasteiger partial charge in [-0.1, -0.05) is 35.3 Å². The molecule has 2 aromatic carbocycles. The molecule has 2 heterocycles. The Balaban J connectivity index is 1.63. The van der Waals surface area contributed by atoms with Crippen molar-refractivity contribution in [2.45, 2.75) is 50.7 Å². The van der Waals surface area contributed by atoms with E-state index in [0.717, 1.165) is 11.3 Å². The molecule has 1 saturated heterocycles. The normalized spacial score (nSPS) is 21.0. The molecule has 1 unspecified atom stereocenters. The fourth-order valence-electron chi connectivity index (χ4n) is 4.00. The van der Waals surface area contributed by atoms with E-state index in [0.29, 0.717) is 17.1 Å². The molecule has 1 aliphatic heterocycles. The van der Waals surface area contributed by atoms with Crippen LogP contribution < -0.4 is 10.6 Å². The van der Waals surface area contributed by atoms with Crippen molar-refractivity contribution in [3.05, 3.63) is 81.8 Å². The van der Waals surface area contributed by atoms with Gasteiger partial charge in [0.05, 0.1) is 22.3 Å². The van der Waals surface area contributed by atoms with E-state index in [1.165, 1.54) is 12.1 Å². The Kier molecular flexibility index (Phi) is 6.30. The van der Waals surface area contributed by atoms with E-state index in [-0.39, 0.29) is 28.4 Å². The van der Waals surface area contributed by atoms with Crippen LogP contribution in [0.5, 0.6) is 0 Å². The van der Waals surface area contributed by atoms with Crippen molar-refractivity contribution < 1.29 is 9.18 Å². The zero-order chi connectivity index (χ0) is 23.0. The third-order valence-electron chi connectivity index (χ3n) is 5.66. The molecule has 0 radical (unpaired) electrons. The number of hydrogen-bond acceptors (Lipinski definition) is 3. The quantitative estimate of drug-likeness (QED) is 0.493. The number of benzene rings is 2. The van der Waals surface area contributed by atoms with Crippen molar-refractivity contribution in [1.29, 1.82) is 0 Å². The number of rotatable bonds is 4. The molecule has 3 atom stereocenters. The lowest BCUT2D eigenvalue weighted by Gasteiger charge is -2.21. The minimum absolute atomic E-state index is 0.0653. The van der Waals surface area contributed by atoms with Gasteiger partial charge < -0.3 is 5.32 Å². The topological polar surface area (TPSA) is 59.0 Å². The summed E-state index contributed by atoms with van der Waals surface area (Å²) in [5, 5.41) is 11.7. The van der Waals surface area contributed by atoms with Gasteiger partial charge in [-0.25, -0.2) is 4.39 Å². The monoisotopic (exact) mass is 474 g/mol. The number of aromatic nitrogens is 2. The van der Waals surface area contributed by atoms with Crippen molar-refractivity contribution in [3.8, 4) is 0 Å². The first-order valence-electron chi connectivity index (χ1n) is 10.5. The Morgan fingerprint density at radius 1 is 1.19 bits per heavy atom. The number of halogens is 3. The Hall–Kier alpha value is -2.41. The molecule has 32 heavy (non-hydrogen) atoms. The van der Waals surface area contributed by atoms with Gasteiger partial charge in [0.15, 0.2) is 0 Å². The summed E-state index contributed by atoms with van der Waals surface area (Å²) in [6.07, 6.45) is 2.46. The van der Waals surface area contributed by atoms with Crippen LogP contribution in [0.3, 0.4) is 0 Å². The molecule has 1 amide bonds. The number of amides is 1. The lowest BCUT2D eigenvalue weighted by atomic mass is 9.90. The molecule has 8 heteroatoms. The van der Waals surface area contributed by atoms with Gasteiger partial charge in [0, 0.05) is 28.9 Å². The van der Waals surface area contributed by atoms with Crippen LogP contribution >= 0.6 is 23.2 Å². The standard InChI is InChI=1S/C24H25Cl2FN4O/c1-24(2,3)31-10-9-20(30-31)17-13-21(23(32)28-16-6-4-5-15(25)12-16)29-22(17)14-7-8-18(26)19(27)11-14/h4-12,17,21-22,29H,13H2,1-3H3,(H,28,32)/t17?,21-,22-/m0/s1. The maximum absolute atomic E-state index is 14.2. The smallest absolute Gasteiger partial charge is 0.241 e. The first kappa shape index (κ1) is 22.8. The highest BCUT2D eigenvalue weighted by atomic mass is 35.5. The number of carbonyl (C=O) groups excluding carboxylic acids is 1. The molecular weight excluding hydrogens is 450 g/mol. The van der Waals surface area contributed by atoms with Crippen LogP contribution in [0, 0.1) is 5.82 Å². The summed E-state index contributed by atoms with van der Waals surface area (Å²) in [7, 11) is 0. The van der Waals surface area contributed by atoms with E-state index in [1.54, 1.807) is 30.3 Å². The van der Waals surface area contributed by atoms with Gasteiger partial charge in [0.2, 0.25) is 5.91 Å². The van der Waals surface area contributed by atoms with Gasteiger partial charge in [-0.2, -0.15) is 5.10 Å². The van der Waals surface area contributed by atoms with Crippen LogP contribution in [-0.4, -0.2) is 21.7 Å². The van der Waals surface area contributed by atoms with Gasteiger partial charge in [-0.05, 0) is 69.2 Å². The van der Waals surface area contributed by atoms with Gasteiger partial charge in [-0.3, -0.25) is 14.8 Å². The summed E-state index contributed by atoms with van der Waals surface area (Å²) in [4.78, 5) is 13.0. The number of nitrogens with zero attached hydrogens (tertiary/aromatic N) is 2. The van der Waals surface area contributed by atoms with Crippen molar-refractivity contribution in [1.82, 2.24) is 15.1 Å². The number of anilines is 1. The van der Waals surface area contributed by atoms with E-state index < -0.39 is 11.9 Å². The molecule has 1 aromatic heterocycles. The second-order valence-corrected chi connectivity index (χ2v) is 9.91. The predicted molar refractivity (Wildman–Crippen MR) is 126 cm³/mol. The average molecular weight is 475 g/mol. The number of carbonyl (C=O) groups is 1. The van der Waals surface area contributed by atoms with E-state index in [2.05, 4.69) is 31.4 Å². The number of hydrogen-bond donors (Lipinski definition) is 2. The first-order chi connectivity index (χ1) is 15.1.